The van der Waals surface area contributed by atoms with Crippen molar-refractivity contribution in [3.8, 4) is 39.1 Å². The van der Waals surface area contributed by atoms with Gasteiger partial charge in [-0.15, -0.1) is 0 Å². The quantitative estimate of drug-likeness (QED) is 0.178. The van der Waals surface area contributed by atoms with Crippen LogP contribution in [0.3, 0.4) is 0 Å². The van der Waals surface area contributed by atoms with E-state index in [1.54, 1.807) is 0 Å². The van der Waals surface area contributed by atoms with Gasteiger partial charge in [0.1, 0.15) is 0 Å². The largest absolute Gasteiger partial charge is 0.309 e. The number of hydrogen-bond donors (Lipinski definition) is 0. The Balaban J connectivity index is 1.19. The lowest BCUT2D eigenvalue weighted by Crippen LogP contribution is -2.21. The van der Waals surface area contributed by atoms with Crippen LogP contribution in [0.1, 0.15) is 25.0 Å². The van der Waals surface area contributed by atoms with Crippen LogP contribution in [0.25, 0.3) is 60.9 Å². The van der Waals surface area contributed by atoms with Gasteiger partial charge < -0.3 is 9.13 Å². The Bertz CT molecular complexity index is 2660. The average Bonchev–Trinajstić information content (AvgIpc) is 3.70. The van der Waals surface area contributed by atoms with E-state index in [9.17, 15) is 0 Å². The molecule has 2 aliphatic rings. The average molecular weight is 634 g/mol. The fourth-order valence-corrected chi connectivity index (χ4v) is 11.9. The van der Waals surface area contributed by atoms with Crippen molar-refractivity contribution in [3.63, 3.8) is 0 Å². The molecule has 0 saturated carbocycles. The number of benzene rings is 7. The maximum atomic E-state index is 15.7. The van der Waals surface area contributed by atoms with E-state index in [-0.39, 0.29) is 5.41 Å². The summed E-state index contributed by atoms with van der Waals surface area (Å²) in [6.45, 7) is 4.66. The Morgan fingerprint density at radius 1 is 0.521 bits per heavy atom. The van der Waals surface area contributed by atoms with Crippen molar-refractivity contribution in [2.75, 3.05) is 0 Å². The van der Waals surface area contributed by atoms with E-state index in [2.05, 4.69) is 140 Å². The number of para-hydroxylation sites is 1. The Hall–Kier alpha value is -5.43. The summed E-state index contributed by atoms with van der Waals surface area (Å²) in [6, 6.07) is 55.9. The van der Waals surface area contributed by atoms with E-state index >= 15 is 4.57 Å². The van der Waals surface area contributed by atoms with Gasteiger partial charge in [0.25, 0.3) is 0 Å². The molecule has 0 saturated heterocycles. The lowest BCUT2D eigenvalue weighted by Gasteiger charge is -2.21. The van der Waals surface area contributed by atoms with Crippen molar-refractivity contribution in [2.24, 2.45) is 0 Å². The summed E-state index contributed by atoms with van der Waals surface area (Å²) in [5, 5.41) is 4.97. The Kier molecular flexibility index (Phi) is 5.65. The SMILES string of the molecule is CC1(C)c2ccccc2-c2c(-c3ccc(-n4c5ccccc5c5c6c(ccc54)-c4ccccc4P6(=O)c4ccccc4)cc3)cccc21. The van der Waals surface area contributed by atoms with Crippen LogP contribution in [0.15, 0.2) is 158 Å². The molecule has 0 N–H and O–H groups in total. The molecule has 228 valence electrons. The molecule has 0 amide bonds. The van der Waals surface area contributed by atoms with Gasteiger partial charge in [0, 0.05) is 37.8 Å². The first-order valence-electron chi connectivity index (χ1n) is 16.6. The van der Waals surface area contributed by atoms with Crippen LogP contribution >= 0.6 is 7.14 Å². The minimum atomic E-state index is -3.14. The fourth-order valence-electron chi connectivity index (χ4n) is 8.65. The molecule has 1 atom stereocenters. The molecule has 10 rings (SSSR count). The highest BCUT2D eigenvalue weighted by atomic mass is 31.2. The van der Waals surface area contributed by atoms with Gasteiger partial charge in [-0.2, -0.15) is 0 Å². The molecule has 3 heteroatoms. The fraction of sp³-hybridized carbons (Fsp3) is 0.0667. The summed E-state index contributed by atoms with van der Waals surface area (Å²) < 4.78 is 18.0. The predicted molar refractivity (Wildman–Crippen MR) is 202 cm³/mol. The predicted octanol–water partition coefficient (Wildman–Crippen LogP) is 10.4. The minimum absolute atomic E-state index is 0.0377. The molecule has 48 heavy (non-hydrogen) atoms. The molecule has 2 nitrogen and oxygen atoms in total. The summed E-state index contributed by atoms with van der Waals surface area (Å²) in [5.41, 5.74) is 13.3. The van der Waals surface area contributed by atoms with Crippen molar-refractivity contribution < 1.29 is 4.57 Å². The van der Waals surface area contributed by atoms with Crippen LogP contribution in [0.4, 0.5) is 0 Å². The number of aromatic nitrogens is 1. The maximum absolute atomic E-state index is 15.7. The van der Waals surface area contributed by atoms with Gasteiger partial charge in [-0.05, 0) is 68.8 Å². The van der Waals surface area contributed by atoms with Crippen molar-refractivity contribution in [1.29, 1.82) is 0 Å². The summed E-state index contributed by atoms with van der Waals surface area (Å²) in [6.07, 6.45) is 0. The summed E-state index contributed by atoms with van der Waals surface area (Å²) in [7, 11) is -3.14. The minimum Gasteiger partial charge on any atom is -0.309 e. The first-order chi connectivity index (χ1) is 23.5. The molecule has 2 heterocycles. The van der Waals surface area contributed by atoms with Crippen molar-refractivity contribution in [1.82, 2.24) is 4.57 Å². The second-order valence-electron chi connectivity index (χ2n) is 13.6. The Labute approximate surface area is 280 Å². The van der Waals surface area contributed by atoms with Gasteiger partial charge in [-0.25, -0.2) is 0 Å². The molecule has 0 fully saturated rings. The van der Waals surface area contributed by atoms with E-state index in [0.717, 1.165) is 54.5 Å². The molecule has 1 unspecified atom stereocenters. The van der Waals surface area contributed by atoms with Crippen LogP contribution in [0.2, 0.25) is 0 Å². The zero-order valence-corrected chi connectivity index (χ0v) is 27.7. The zero-order valence-electron chi connectivity index (χ0n) is 26.8. The Morgan fingerprint density at radius 3 is 2.02 bits per heavy atom. The summed E-state index contributed by atoms with van der Waals surface area (Å²) in [4.78, 5) is 0. The van der Waals surface area contributed by atoms with E-state index in [4.69, 9.17) is 0 Å². The topological polar surface area (TPSA) is 22.0 Å². The number of nitrogens with zero attached hydrogens (tertiary/aromatic N) is 1. The molecule has 7 aromatic carbocycles. The molecular weight excluding hydrogens is 601 g/mol. The molecule has 8 aromatic rings. The van der Waals surface area contributed by atoms with Crippen molar-refractivity contribution in [2.45, 2.75) is 19.3 Å². The van der Waals surface area contributed by atoms with Gasteiger partial charge in [0.05, 0.1) is 11.0 Å². The lowest BCUT2D eigenvalue weighted by molar-refractivity contribution is 0.593. The number of fused-ring (bicyclic) bond motifs is 10. The number of hydrogen-bond acceptors (Lipinski definition) is 1. The zero-order chi connectivity index (χ0) is 32.2. The second-order valence-corrected chi connectivity index (χ2v) is 16.3. The second kappa shape index (κ2) is 9.80. The standard InChI is InChI=1S/C45H32NOP/c1-45(2)37-19-9-6-16-35(37)42-32(18-12-20-38(42)45)29-23-25-30(26-24-29)46-39-21-10-7-17-36(39)43-40(46)28-27-34-33-15-8-11-22-41(33)48(47,44(34)43)31-13-4-3-5-14-31/h3-28H,1-2H3. The molecular formula is C45H32NOP. The van der Waals surface area contributed by atoms with E-state index in [1.165, 1.54) is 33.4 Å². The molecule has 0 spiro atoms. The molecule has 1 aromatic heterocycles. The van der Waals surface area contributed by atoms with E-state index in [1.807, 2.05) is 36.4 Å². The van der Waals surface area contributed by atoms with Crippen LogP contribution in [0.5, 0.6) is 0 Å². The van der Waals surface area contributed by atoms with Gasteiger partial charge in [0.2, 0.25) is 0 Å². The van der Waals surface area contributed by atoms with E-state index in [0.29, 0.717) is 0 Å². The van der Waals surface area contributed by atoms with Crippen molar-refractivity contribution in [3.05, 3.63) is 169 Å². The van der Waals surface area contributed by atoms with Gasteiger partial charge in [0.15, 0.2) is 7.14 Å². The van der Waals surface area contributed by atoms with Crippen molar-refractivity contribution >= 4 is 44.9 Å². The Morgan fingerprint density at radius 2 is 1.19 bits per heavy atom. The van der Waals surface area contributed by atoms with Gasteiger partial charge in [-0.3, -0.25) is 0 Å². The smallest absolute Gasteiger partial charge is 0.172 e. The maximum Gasteiger partial charge on any atom is 0.172 e. The monoisotopic (exact) mass is 633 g/mol. The highest BCUT2D eigenvalue weighted by Crippen LogP contribution is 2.55. The normalized spacial score (nSPS) is 16.9. The van der Waals surface area contributed by atoms with E-state index < -0.39 is 7.14 Å². The van der Waals surface area contributed by atoms with Crippen LogP contribution in [-0.4, -0.2) is 4.57 Å². The summed E-state index contributed by atoms with van der Waals surface area (Å²) in [5.74, 6) is 0. The molecule has 1 aliphatic carbocycles. The first-order valence-corrected chi connectivity index (χ1v) is 18.3. The van der Waals surface area contributed by atoms with Crippen LogP contribution in [-0.2, 0) is 9.98 Å². The summed E-state index contributed by atoms with van der Waals surface area (Å²) >= 11 is 0. The number of rotatable bonds is 3. The third kappa shape index (κ3) is 3.51. The van der Waals surface area contributed by atoms with Gasteiger partial charge >= 0.3 is 0 Å². The molecule has 0 radical (unpaired) electrons. The lowest BCUT2D eigenvalue weighted by atomic mass is 9.82. The van der Waals surface area contributed by atoms with Crippen LogP contribution in [0, 0.1) is 0 Å². The molecule has 0 bridgehead atoms. The third-order valence-electron chi connectivity index (χ3n) is 10.8. The van der Waals surface area contributed by atoms with Gasteiger partial charge in [-0.1, -0.05) is 147 Å². The van der Waals surface area contributed by atoms with Crippen LogP contribution < -0.4 is 15.9 Å². The third-order valence-corrected chi connectivity index (χ3v) is 14.0. The highest BCUT2D eigenvalue weighted by Gasteiger charge is 2.42. The highest BCUT2D eigenvalue weighted by molar-refractivity contribution is 7.86. The molecule has 1 aliphatic heterocycles. The first kappa shape index (κ1) is 27.7.